The van der Waals surface area contributed by atoms with Gasteiger partial charge in [-0.3, -0.25) is 0 Å². The van der Waals surface area contributed by atoms with Crippen molar-refractivity contribution in [2.45, 2.75) is 0 Å². The lowest BCUT2D eigenvalue weighted by atomic mass is 10.2. The molecular formula is C9H6BrNO3. The van der Waals surface area contributed by atoms with E-state index in [1.165, 1.54) is 7.11 Å². The van der Waals surface area contributed by atoms with Gasteiger partial charge in [-0.05, 0) is 18.2 Å². The van der Waals surface area contributed by atoms with E-state index >= 15 is 0 Å². The maximum Gasteiger partial charge on any atom is 0.337 e. The van der Waals surface area contributed by atoms with E-state index in [2.05, 4.69) is 25.7 Å². The molecule has 4 nitrogen and oxygen atoms in total. The van der Waals surface area contributed by atoms with Crippen LogP contribution in [0.4, 0.5) is 0 Å². The van der Waals surface area contributed by atoms with E-state index < -0.39 is 0 Å². The number of hydrogen-bond donors (Lipinski definition) is 0. The first-order chi connectivity index (χ1) is 6.70. The van der Waals surface area contributed by atoms with Crippen LogP contribution in [0.2, 0.25) is 0 Å². The molecule has 0 aliphatic rings. The summed E-state index contributed by atoms with van der Waals surface area (Å²) in [5.41, 5.74) is 1.71. The number of esters is 1. The Labute approximate surface area is 88.0 Å². The number of fused-ring (bicyclic) bond motifs is 1. The number of hydrogen-bond acceptors (Lipinski definition) is 4. The second kappa shape index (κ2) is 3.42. The zero-order valence-electron chi connectivity index (χ0n) is 7.28. The average Bonchev–Trinajstić information content (AvgIpc) is 2.55. The molecule has 2 rings (SSSR count). The third-order valence-electron chi connectivity index (χ3n) is 1.78. The van der Waals surface area contributed by atoms with Gasteiger partial charge in [0.05, 0.1) is 12.7 Å². The predicted octanol–water partition coefficient (Wildman–Crippen LogP) is 2.38. The summed E-state index contributed by atoms with van der Waals surface area (Å²) < 4.78 is 9.77. The quantitative estimate of drug-likeness (QED) is 0.735. The van der Waals surface area contributed by atoms with E-state index in [4.69, 9.17) is 4.42 Å². The maximum atomic E-state index is 11.2. The minimum absolute atomic E-state index is 0.383. The number of halogens is 1. The summed E-state index contributed by atoms with van der Waals surface area (Å²) in [5, 5.41) is 0. The van der Waals surface area contributed by atoms with Crippen molar-refractivity contribution in [3.8, 4) is 0 Å². The van der Waals surface area contributed by atoms with Gasteiger partial charge in [0.2, 0.25) is 0 Å². The van der Waals surface area contributed by atoms with Crippen LogP contribution in [0.3, 0.4) is 0 Å². The molecule has 0 N–H and O–H groups in total. The molecule has 1 heterocycles. The van der Waals surface area contributed by atoms with Crippen molar-refractivity contribution in [1.29, 1.82) is 0 Å². The molecule has 0 saturated carbocycles. The highest BCUT2D eigenvalue weighted by Crippen LogP contribution is 2.20. The Morgan fingerprint density at radius 2 is 2.36 bits per heavy atom. The SMILES string of the molecule is COC(=O)c1ccc2oc(Br)nc2c1. The van der Waals surface area contributed by atoms with Crippen molar-refractivity contribution in [2.75, 3.05) is 7.11 Å². The van der Waals surface area contributed by atoms with E-state index in [1.807, 2.05) is 0 Å². The molecule has 14 heavy (non-hydrogen) atoms. The van der Waals surface area contributed by atoms with E-state index in [0.29, 0.717) is 21.5 Å². The van der Waals surface area contributed by atoms with E-state index in [9.17, 15) is 4.79 Å². The number of benzene rings is 1. The van der Waals surface area contributed by atoms with Crippen molar-refractivity contribution in [1.82, 2.24) is 4.98 Å². The van der Waals surface area contributed by atoms with Crippen molar-refractivity contribution in [2.24, 2.45) is 0 Å². The second-order valence-electron chi connectivity index (χ2n) is 2.64. The Bertz CT molecular complexity index is 492. The molecule has 5 heteroatoms. The summed E-state index contributed by atoms with van der Waals surface area (Å²) in [4.78, 5) is 15.6. The zero-order chi connectivity index (χ0) is 10.1. The molecular weight excluding hydrogens is 250 g/mol. The number of aromatic nitrogens is 1. The molecule has 2 aromatic rings. The lowest BCUT2D eigenvalue weighted by Gasteiger charge is -1.96. The van der Waals surface area contributed by atoms with Gasteiger partial charge < -0.3 is 9.15 Å². The number of rotatable bonds is 1. The topological polar surface area (TPSA) is 52.3 Å². The first-order valence-corrected chi connectivity index (χ1v) is 4.64. The summed E-state index contributed by atoms with van der Waals surface area (Å²) in [6.45, 7) is 0. The van der Waals surface area contributed by atoms with Crippen LogP contribution in [-0.2, 0) is 4.74 Å². The van der Waals surface area contributed by atoms with E-state index in [-0.39, 0.29) is 5.97 Å². The summed E-state index contributed by atoms with van der Waals surface area (Å²) in [5.74, 6) is -0.383. The molecule has 0 aliphatic carbocycles. The number of carbonyl (C=O) groups is 1. The third-order valence-corrected chi connectivity index (χ3v) is 2.12. The molecule has 1 aromatic carbocycles. The molecule has 0 spiro atoms. The Kier molecular flexibility index (Phi) is 2.25. The van der Waals surface area contributed by atoms with Crippen molar-refractivity contribution in [3.05, 3.63) is 28.6 Å². The van der Waals surface area contributed by atoms with Gasteiger partial charge in [0.25, 0.3) is 4.80 Å². The first kappa shape index (κ1) is 9.21. The van der Waals surface area contributed by atoms with Crippen LogP contribution >= 0.6 is 15.9 Å². The van der Waals surface area contributed by atoms with Gasteiger partial charge in [0, 0.05) is 15.9 Å². The summed E-state index contributed by atoms with van der Waals surface area (Å²) in [6.07, 6.45) is 0. The fraction of sp³-hybridized carbons (Fsp3) is 0.111. The molecule has 0 fully saturated rings. The van der Waals surface area contributed by atoms with Crippen LogP contribution in [0, 0.1) is 0 Å². The Hall–Kier alpha value is -1.36. The van der Waals surface area contributed by atoms with E-state index in [0.717, 1.165) is 0 Å². The molecule has 72 valence electrons. The standard InChI is InChI=1S/C9H6BrNO3/c1-13-8(12)5-2-3-7-6(4-5)11-9(10)14-7/h2-4H,1H3. The summed E-state index contributed by atoms with van der Waals surface area (Å²) in [7, 11) is 1.34. The minimum atomic E-state index is -0.383. The van der Waals surface area contributed by atoms with Gasteiger partial charge >= 0.3 is 5.97 Å². The molecule has 0 amide bonds. The lowest BCUT2D eigenvalue weighted by Crippen LogP contribution is -2.00. The highest BCUT2D eigenvalue weighted by molar-refractivity contribution is 9.10. The van der Waals surface area contributed by atoms with Gasteiger partial charge in [-0.1, -0.05) is 0 Å². The molecule has 0 bridgehead atoms. The molecule has 0 saturated heterocycles. The van der Waals surface area contributed by atoms with Crippen molar-refractivity contribution < 1.29 is 13.9 Å². The van der Waals surface area contributed by atoms with Crippen molar-refractivity contribution >= 4 is 33.0 Å². The van der Waals surface area contributed by atoms with Crippen LogP contribution in [0.25, 0.3) is 11.1 Å². The van der Waals surface area contributed by atoms with Crippen molar-refractivity contribution in [3.63, 3.8) is 0 Å². The smallest absolute Gasteiger partial charge is 0.337 e. The molecule has 1 aromatic heterocycles. The molecule has 0 unspecified atom stereocenters. The maximum absolute atomic E-state index is 11.2. The number of carbonyl (C=O) groups excluding carboxylic acids is 1. The highest BCUT2D eigenvalue weighted by Gasteiger charge is 2.09. The largest absolute Gasteiger partial charge is 0.465 e. The van der Waals surface area contributed by atoms with Gasteiger partial charge in [-0.2, -0.15) is 0 Å². The fourth-order valence-corrected chi connectivity index (χ4v) is 1.51. The predicted molar refractivity (Wildman–Crippen MR) is 53.0 cm³/mol. The van der Waals surface area contributed by atoms with Crippen LogP contribution in [0.5, 0.6) is 0 Å². The number of nitrogens with zero attached hydrogens (tertiary/aromatic N) is 1. The summed E-state index contributed by atoms with van der Waals surface area (Å²) in [6, 6.07) is 4.93. The average molecular weight is 256 g/mol. The number of oxazole rings is 1. The fourth-order valence-electron chi connectivity index (χ4n) is 1.14. The van der Waals surface area contributed by atoms with Crippen LogP contribution in [0.15, 0.2) is 27.4 Å². The third kappa shape index (κ3) is 1.50. The number of methoxy groups -OCH3 is 1. The monoisotopic (exact) mass is 255 g/mol. The minimum Gasteiger partial charge on any atom is -0.465 e. The van der Waals surface area contributed by atoms with Gasteiger partial charge in [0.1, 0.15) is 5.52 Å². The second-order valence-corrected chi connectivity index (χ2v) is 3.32. The zero-order valence-corrected chi connectivity index (χ0v) is 8.87. The van der Waals surface area contributed by atoms with Gasteiger partial charge in [-0.25, -0.2) is 9.78 Å². The number of ether oxygens (including phenoxy) is 1. The van der Waals surface area contributed by atoms with Crippen LogP contribution in [0.1, 0.15) is 10.4 Å². The Balaban J connectivity index is 2.55. The Morgan fingerprint density at radius 3 is 3.07 bits per heavy atom. The van der Waals surface area contributed by atoms with Gasteiger partial charge in [-0.15, -0.1) is 0 Å². The summed E-state index contributed by atoms with van der Waals surface area (Å²) >= 11 is 3.11. The molecule has 0 aliphatic heterocycles. The Morgan fingerprint density at radius 1 is 1.57 bits per heavy atom. The first-order valence-electron chi connectivity index (χ1n) is 3.85. The van der Waals surface area contributed by atoms with E-state index in [1.54, 1.807) is 18.2 Å². The highest BCUT2D eigenvalue weighted by atomic mass is 79.9. The normalized spacial score (nSPS) is 10.4. The molecule has 0 atom stereocenters. The van der Waals surface area contributed by atoms with Crippen LogP contribution in [-0.4, -0.2) is 18.1 Å². The lowest BCUT2D eigenvalue weighted by molar-refractivity contribution is 0.0601. The molecule has 0 radical (unpaired) electrons. The van der Waals surface area contributed by atoms with Crippen LogP contribution < -0.4 is 0 Å². The van der Waals surface area contributed by atoms with Gasteiger partial charge in [0.15, 0.2) is 5.58 Å².